The zero-order valence-corrected chi connectivity index (χ0v) is 11.1. The van der Waals surface area contributed by atoms with Crippen LogP contribution < -0.4 is 0 Å². The molecule has 2 aliphatic rings. The van der Waals surface area contributed by atoms with E-state index in [0.29, 0.717) is 45.2 Å². The van der Waals surface area contributed by atoms with Crippen molar-refractivity contribution in [2.45, 2.75) is 32.2 Å². The highest BCUT2D eigenvalue weighted by molar-refractivity contribution is 5.75. The second-order valence-electron chi connectivity index (χ2n) is 5.31. The molecular formula is C13H23NO4. The summed E-state index contributed by atoms with van der Waals surface area (Å²) in [4.78, 5) is 13.9. The number of morpholine rings is 1. The van der Waals surface area contributed by atoms with Crippen LogP contribution in [0.1, 0.15) is 26.2 Å². The summed E-state index contributed by atoms with van der Waals surface area (Å²) in [5.41, 5.74) is -0.622. The predicted octanol–water partition coefficient (Wildman–Crippen LogP) is 0.979. The van der Waals surface area contributed by atoms with Crippen molar-refractivity contribution in [2.75, 3.05) is 39.5 Å². The SMILES string of the molecule is CCC1COCCN1CC1(C(=O)O)CCOCC1. The number of nitrogens with zero attached hydrogens (tertiary/aromatic N) is 1. The van der Waals surface area contributed by atoms with Crippen molar-refractivity contribution in [3.05, 3.63) is 0 Å². The number of carboxylic acids is 1. The average molecular weight is 257 g/mol. The van der Waals surface area contributed by atoms with Crippen molar-refractivity contribution in [3.8, 4) is 0 Å². The van der Waals surface area contributed by atoms with E-state index in [4.69, 9.17) is 9.47 Å². The number of carboxylic acid groups (broad SMARTS) is 1. The highest BCUT2D eigenvalue weighted by Gasteiger charge is 2.42. The largest absolute Gasteiger partial charge is 0.481 e. The third-order valence-corrected chi connectivity index (χ3v) is 4.23. The number of rotatable bonds is 4. The molecule has 1 N–H and O–H groups in total. The molecule has 2 saturated heterocycles. The lowest BCUT2D eigenvalue weighted by Gasteiger charge is -2.42. The minimum absolute atomic E-state index is 0.359. The van der Waals surface area contributed by atoms with E-state index in [9.17, 15) is 9.90 Å². The molecule has 2 heterocycles. The van der Waals surface area contributed by atoms with Gasteiger partial charge in [0.25, 0.3) is 0 Å². The Morgan fingerprint density at radius 1 is 1.33 bits per heavy atom. The van der Waals surface area contributed by atoms with Gasteiger partial charge < -0.3 is 14.6 Å². The molecule has 0 aromatic heterocycles. The Balaban J connectivity index is 2.05. The van der Waals surface area contributed by atoms with Gasteiger partial charge >= 0.3 is 5.97 Å². The molecule has 5 nitrogen and oxygen atoms in total. The first-order valence-corrected chi connectivity index (χ1v) is 6.81. The summed E-state index contributed by atoms with van der Waals surface area (Å²) in [6, 6.07) is 0.359. The van der Waals surface area contributed by atoms with Crippen molar-refractivity contribution in [2.24, 2.45) is 5.41 Å². The Hall–Kier alpha value is -0.650. The molecule has 1 unspecified atom stereocenters. The Morgan fingerprint density at radius 2 is 2.06 bits per heavy atom. The van der Waals surface area contributed by atoms with Crippen LogP contribution >= 0.6 is 0 Å². The van der Waals surface area contributed by atoms with Crippen molar-refractivity contribution < 1.29 is 19.4 Å². The number of carbonyl (C=O) groups is 1. The Bertz CT molecular complexity index is 289. The maximum Gasteiger partial charge on any atom is 0.311 e. The van der Waals surface area contributed by atoms with E-state index in [1.807, 2.05) is 0 Å². The van der Waals surface area contributed by atoms with Crippen LogP contribution in [0.25, 0.3) is 0 Å². The van der Waals surface area contributed by atoms with Crippen LogP contribution in [0.3, 0.4) is 0 Å². The molecule has 2 fully saturated rings. The Labute approximate surface area is 108 Å². The molecule has 0 amide bonds. The van der Waals surface area contributed by atoms with E-state index in [-0.39, 0.29) is 0 Å². The van der Waals surface area contributed by atoms with Gasteiger partial charge in [-0.05, 0) is 19.3 Å². The summed E-state index contributed by atoms with van der Waals surface area (Å²) in [7, 11) is 0. The molecule has 2 rings (SSSR count). The van der Waals surface area contributed by atoms with E-state index in [0.717, 1.165) is 19.6 Å². The summed E-state index contributed by atoms with van der Waals surface area (Å²) in [6.07, 6.45) is 2.25. The Morgan fingerprint density at radius 3 is 2.67 bits per heavy atom. The van der Waals surface area contributed by atoms with E-state index < -0.39 is 11.4 Å². The van der Waals surface area contributed by atoms with Gasteiger partial charge in [0.05, 0.1) is 18.6 Å². The molecule has 5 heteroatoms. The van der Waals surface area contributed by atoms with E-state index >= 15 is 0 Å². The molecule has 0 radical (unpaired) electrons. The molecule has 0 aromatic rings. The van der Waals surface area contributed by atoms with Crippen LogP contribution in [-0.2, 0) is 14.3 Å². The Kier molecular flexibility index (Phi) is 4.59. The fraction of sp³-hybridized carbons (Fsp3) is 0.923. The lowest BCUT2D eigenvalue weighted by atomic mass is 9.79. The number of aliphatic carboxylic acids is 1. The maximum atomic E-state index is 11.6. The zero-order chi connectivity index (χ0) is 13.0. The highest BCUT2D eigenvalue weighted by Crippen LogP contribution is 2.33. The predicted molar refractivity (Wildman–Crippen MR) is 66.6 cm³/mol. The normalized spacial score (nSPS) is 29.1. The summed E-state index contributed by atoms with van der Waals surface area (Å²) in [6.45, 7) is 6.16. The van der Waals surface area contributed by atoms with Gasteiger partial charge in [-0.1, -0.05) is 6.92 Å². The molecule has 0 aliphatic carbocycles. The maximum absolute atomic E-state index is 11.6. The molecule has 0 spiro atoms. The fourth-order valence-electron chi connectivity index (χ4n) is 2.86. The summed E-state index contributed by atoms with van der Waals surface area (Å²) < 4.78 is 10.8. The van der Waals surface area contributed by atoms with Crippen LogP contribution in [0, 0.1) is 5.41 Å². The number of hydrogen-bond donors (Lipinski definition) is 1. The number of ether oxygens (including phenoxy) is 2. The second kappa shape index (κ2) is 5.99. The first-order chi connectivity index (χ1) is 8.68. The standard InChI is InChI=1S/C13H23NO4/c1-2-11-9-18-8-5-14(11)10-13(12(15)16)3-6-17-7-4-13/h11H,2-10H2,1H3,(H,15,16). The monoisotopic (exact) mass is 257 g/mol. The lowest BCUT2D eigenvalue weighted by molar-refractivity contribution is -0.159. The third-order valence-electron chi connectivity index (χ3n) is 4.23. The molecule has 18 heavy (non-hydrogen) atoms. The van der Waals surface area contributed by atoms with Crippen LogP contribution in [0.2, 0.25) is 0 Å². The molecule has 0 saturated carbocycles. The molecule has 0 bridgehead atoms. The van der Waals surface area contributed by atoms with Crippen molar-refractivity contribution in [3.63, 3.8) is 0 Å². The van der Waals surface area contributed by atoms with Crippen LogP contribution in [0.15, 0.2) is 0 Å². The van der Waals surface area contributed by atoms with Gasteiger partial charge in [-0.3, -0.25) is 9.69 Å². The van der Waals surface area contributed by atoms with Gasteiger partial charge in [0.2, 0.25) is 0 Å². The van der Waals surface area contributed by atoms with Gasteiger partial charge in [-0.25, -0.2) is 0 Å². The summed E-state index contributed by atoms with van der Waals surface area (Å²) in [5, 5.41) is 9.56. The number of hydrogen-bond acceptors (Lipinski definition) is 4. The minimum Gasteiger partial charge on any atom is -0.481 e. The quantitative estimate of drug-likeness (QED) is 0.813. The van der Waals surface area contributed by atoms with Gasteiger partial charge in [-0.15, -0.1) is 0 Å². The van der Waals surface area contributed by atoms with Gasteiger partial charge in [0.1, 0.15) is 0 Å². The van der Waals surface area contributed by atoms with Gasteiger partial charge in [-0.2, -0.15) is 0 Å². The summed E-state index contributed by atoms with van der Waals surface area (Å²) >= 11 is 0. The van der Waals surface area contributed by atoms with E-state index in [1.54, 1.807) is 0 Å². The van der Waals surface area contributed by atoms with E-state index in [2.05, 4.69) is 11.8 Å². The average Bonchev–Trinajstić information content (AvgIpc) is 2.40. The van der Waals surface area contributed by atoms with Crippen LogP contribution in [-0.4, -0.2) is 61.5 Å². The van der Waals surface area contributed by atoms with Crippen LogP contribution in [0.5, 0.6) is 0 Å². The first kappa shape index (κ1) is 13.8. The van der Waals surface area contributed by atoms with Gasteiger partial charge in [0.15, 0.2) is 0 Å². The van der Waals surface area contributed by atoms with Crippen LogP contribution in [0.4, 0.5) is 0 Å². The van der Waals surface area contributed by atoms with Crippen molar-refractivity contribution in [1.29, 1.82) is 0 Å². The highest BCUT2D eigenvalue weighted by atomic mass is 16.5. The van der Waals surface area contributed by atoms with Gasteiger partial charge in [0, 0.05) is 32.3 Å². The van der Waals surface area contributed by atoms with E-state index in [1.165, 1.54) is 0 Å². The molecule has 2 aliphatic heterocycles. The lowest BCUT2D eigenvalue weighted by Crippen LogP contribution is -2.53. The first-order valence-electron chi connectivity index (χ1n) is 6.81. The van der Waals surface area contributed by atoms with Crippen molar-refractivity contribution in [1.82, 2.24) is 4.90 Å². The minimum atomic E-state index is -0.674. The fourth-order valence-corrected chi connectivity index (χ4v) is 2.86. The van der Waals surface area contributed by atoms with Crippen molar-refractivity contribution >= 4 is 5.97 Å². The smallest absolute Gasteiger partial charge is 0.311 e. The zero-order valence-electron chi connectivity index (χ0n) is 11.1. The molecule has 1 atom stereocenters. The molecule has 0 aromatic carbocycles. The third kappa shape index (κ3) is 2.84. The molecular weight excluding hydrogens is 234 g/mol. The topological polar surface area (TPSA) is 59.0 Å². The summed E-state index contributed by atoms with van der Waals surface area (Å²) in [5.74, 6) is -0.674. The molecule has 104 valence electrons. The second-order valence-corrected chi connectivity index (χ2v) is 5.31.